The molecule has 1 aromatic carbocycles. The molecule has 1 aromatic rings. The fourth-order valence-electron chi connectivity index (χ4n) is 2.69. The van der Waals surface area contributed by atoms with Crippen molar-refractivity contribution in [3.05, 3.63) is 47.5 Å². The minimum atomic E-state index is 0.213. The zero-order valence-electron chi connectivity index (χ0n) is 14.3. The van der Waals surface area contributed by atoms with Gasteiger partial charge >= 0.3 is 0 Å². The maximum absolute atomic E-state index is 6.04. The van der Waals surface area contributed by atoms with Gasteiger partial charge in [0, 0.05) is 31.2 Å². The zero-order chi connectivity index (χ0) is 17.2. The van der Waals surface area contributed by atoms with Crippen LogP contribution in [0.5, 0.6) is 0 Å². The quantitative estimate of drug-likeness (QED) is 0.450. The topological polar surface area (TPSA) is 48.9 Å². The SMILES string of the molecule is C=CCNC(=NCC(c1ccc(Cl)cc1)N1CCOCC1)NCC. The molecule has 0 aromatic heterocycles. The second-order valence-corrected chi connectivity index (χ2v) is 6.04. The minimum Gasteiger partial charge on any atom is -0.379 e. The van der Waals surface area contributed by atoms with Crippen LogP contribution in [0.15, 0.2) is 41.9 Å². The van der Waals surface area contributed by atoms with Crippen molar-refractivity contribution >= 4 is 17.6 Å². The summed E-state index contributed by atoms with van der Waals surface area (Å²) in [5, 5.41) is 7.26. The zero-order valence-corrected chi connectivity index (χ0v) is 15.1. The van der Waals surface area contributed by atoms with Gasteiger partial charge in [-0.3, -0.25) is 9.89 Å². The number of nitrogens with zero attached hydrogens (tertiary/aromatic N) is 2. The van der Waals surface area contributed by atoms with Crippen LogP contribution < -0.4 is 10.6 Å². The van der Waals surface area contributed by atoms with Gasteiger partial charge in [0.25, 0.3) is 0 Å². The van der Waals surface area contributed by atoms with E-state index in [0.717, 1.165) is 43.8 Å². The van der Waals surface area contributed by atoms with Crippen LogP contribution in [0.1, 0.15) is 18.5 Å². The Hall–Kier alpha value is -1.56. The molecule has 0 saturated carbocycles. The highest BCUT2D eigenvalue weighted by Crippen LogP contribution is 2.24. The average Bonchev–Trinajstić information content (AvgIpc) is 2.62. The van der Waals surface area contributed by atoms with Crippen molar-refractivity contribution in [3.8, 4) is 0 Å². The Balaban J connectivity index is 2.14. The smallest absolute Gasteiger partial charge is 0.191 e. The summed E-state index contributed by atoms with van der Waals surface area (Å²) in [6.07, 6.45) is 1.82. The number of hydrogen-bond acceptors (Lipinski definition) is 3. The lowest BCUT2D eigenvalue weighted by Crippen LogP contribution is -2.41. The first-order valence-corrected chi connectivity index (χ1v) is 8.82. The number of benzene rings is 1. The lowest BCUT2D eigenvalue weighted by atomic mass is 10.0. The lowest BCUT2D eigenvalue weighted by Gasteiger charge is -2.34. The van der Waals surface area contributed by atoms with E-state index in [0.29, 0.717) is 13.1 Å². The summed E-state index contributed by atoms with van der Waals surface area (Å²) in [4.78, 5) is 7.18. The van der Waals surface area contributed by atoms with E-state index >= 15 is 0 Å². The summed E-state index contributed by atoms with van der Waals surface area (Å²) in [7, 11) is 0. The van der Waals surface area contributed by atoms with E-state index in [1.165, 1.54) is 5.56 Å². The molecular weight excluding hydrogens is 324 g/mol. The molecular formula is C18H27ClN4O. The molecule has 1 atom stereocenters. The van der Waals surface area contributed by atoms with E-state index in [-0.39, 0.29) is 6.04 Å². The van der Waals surface area contributed by atoms with Gasteiger partial charge < -0.3 is 15.4 Å². The highest BCUT2D eigenvalue weighted by atomic mass is 35.5. The van der Waals surface area contributed by atoms with Crippen molar-refractivity contribution in [2.75, 3.05) is 45.9 Å². The summed E-state index contributed by atoms with van der Waals surface area (Å²) >= 11 is 6.04. The first-order chi connectivity index (χ1) is 11.7. The molecule has 0 amide bonds. The molecule has 132 valence electrons. The van der Waals surface area contributed by atoms with E-state index in [9.17, 15) is 0 Å². The number of hydrogen-bond donors (Lipinski definition) is 2. The van der Waals surface area contributed by atoms with Gasteiger partial charge in [0.15, 0.2) is 5.96 Å². The third-order valence-electron chi connectivity index (χ3n) is 3.92. The Morgan fingerprint density at radius 1 is 1.33 bits per heavy atom. The molecule has 5 nitrogen and oxygen atoms in total. The summed E-state index contributed by atoms with van der Waals surface area (Å²) in [6.45, 7) is 11.4. The Morgan fingerprint density at radius 2 is 2.04 bits per heavy atom. The number of ether oxygens (including phenoxy) is 1. The standard InChI is InChI=1S/C18H27ClN4O/c1-3-9-21-18(20-4-2)22-14-17(23-10-12-24-13-11-23)15-5-7-16(19)8-6-15/h3,5-8,17H,1,4,9-14H2,2H3,(H2,20,21,22). The molecule has 1 aliphatic heterocycles. The number of aliphatic imine (C=N–C) groups is 1. The molecule has 1 aliphatic rings. The fraction of sp³-hybridized carbons (Fsp3) is 0.500. The highest BCUT2D eigenvalue weighted by molar-refractivity contribution is 6.30. The van der Waals surface area contributed by atoms with Gasteiger partial charge in [-0.1, -0.05) is 29.8 Å². The van der Waals surface area contributed by atoms with Gasteiger partial charge in [0.05, 0.1) is 25.8 Å². The normalized spacial score (nSPS) is 17.3. The van der Waals surface area contributed by atoms with Crippen molar-refractivity contribution in [2.24, 2.45) is 4.99 Å². The minimum absolute atomic E-state index is 0.213. The highest BCUT2D eigenvalue weighted by Gasteiger charge is 2.22. The Morgan fingerprint density at radius 3 is 2.67 bits per heavy atom. The van der Waals surface area contributed by atoms with Crippen molar-refractivity contribution in [1.82, 2.24) is 15.5 Å². The van der Waals surface area contributed by atoms with Crippen LogP contribution in [0.4, 0.5) is 0 Å². The lowest BCUT2D eigenvalue weighted by molar-refractivity contribution is 0.0180. The first-order valence-electron chi connectivity index (χ1n) is 8.45. The third-order valence-corrected chi connectivity index (χ3v) is 4.17. The average molecular weight is 351 g/mol. The molecule has 1 saturated heterocycles. The van der Waals surface area contributed by atoms with Crippen molar-refractivity contribution in [2.45, 2.75) is 13.0 Å². The predicted molar refractivity (Wildman–Crippen MR) is 101 cm³/mol. The summed E-state index contributed by atoms with van der Waals surface area (Å²) in [5.74, 6) is 0.810. The maximum Gasteiger partial charge on any atom is 0.191 e. The van der Waals surface area contributed by atoms with Gasteiger partial charge in [-0.2, -0.15) is 0 Å². The van der Waals surface area contributed by atoms with Crippen LogP contribution in [0.3, 0.4) is 0 Å². The van der Waals surface area contributed by atoms with Crippen molar-refractivity contribution in [3.63, 3.8) is 0 Å². The van der Waals surface area contributed by atoms with E-state index in [2.05, 4.69) is 41.2 Å². The van der Waals surface area contributed by atoms with Crippen LogP contribution >= 0.6 is 11.6 Å². The molecule has 24 heavy (non-hydrogen) atoms. The van der Waals surface area contributed by atoms with Gasteiger partial charge in [-0.25, -0.2) is 0 Å². The van der Waals surface area contributed by atoms with E-state index in [1.54, 1.807) is 0 Å². The number of nitrogens with one attached hydrogen (secondary N) is 2. The molecule has 6 heteroatoms. The van der Waals surface area contributed by atoms with Gasteiger partial charge in [-0.05, 0) is 24.6 Å². The summed E-state index contributed by atoms with van der Waals surface area (Å²) in [6, 6.07) is 8.26. The van der Waals surface area contributed by atoms with Crippen LogP contribution in [0.25, 0.3) is 0 Å². The van der Waals surface area contributed by atoms with Crippen LogP contribution in [0, 0.1) is 0 Å². The Kier molecular flexibility index (Phi) is 8.08. The molecule has 0 aliphatic carbocycles. The van der Waals surface area contributed by atoms with E-state index in [1.807, 2.05) is 18.2 Å². The van der Waals surface area contributed by atoms with Crippen molar-refractivity contribution in [1.29, 1.82) is 0 Å². The Labute approximate surface area is 149 Å². The Bertz CT molecular complexity index is 526. The number of halogens is 1. The van der Waals surface area contributed by atoms with E-state index in [4.69, 9.17) is 21.3 Å². The van der Waals surface area contributed by atoms with Crippen LogP contribution in [-0.2, 0) is 4.74 Å². The number of morpholine rings is 1. The molecule has 0 spiro atoms. The van der Waals surface area contributed by atoms with Crippen LogP contribution in [-0.4, -0.2) is 56.8 Å². The third kappa shape index (κ3) is 5.82. The van der Waals surface area contributed by atoms with Gasteiger partial charge in [0.1, 0.15) is 0 Å². The van der Waals surface area contributed by atoms with Crippen LogP contribution in [0.2, 0.25) is 5.02 Å². The fourth-order valence-corrected chi connectivity index (χ4v) is 2.82. The monoisotopic (exact) mass is 350 g/mol. The number of rotatable bonds is 7. The summed E-state index contributed by atoms with van der Waals surface area (Å²) < 4.78 is 5.49. The summed E-state index contributed by atoms with van der Waals surface area (Å²) in [5.41, 5.74) is 1.23. The molecule has 0 radical (unpaired) electrons. The number of guanidine groups is 1. The molecule has 1 heterocycles. The molecule has 1 unspecified atom stereocenters. The van der Waals surface area contributed by atoms with Gasteiger partial charge in [0.2, 0.25) is 0 Å². The van der Waals surface area contributed by atoms with E-state index < -0.39 is 0 Å². The molecule has 2 N–H and O–H groups in total. The first kappa shape index (κ1) is 18.8. The largest absolute Gasteiger partial charge is 0.379 e. The second kappa shape index (κ2) is 10.3. The maximum atomic E-state index is 6.04. The van der Waals surface area contributed by atoms with Crippen molar-refractivity contribution < 1.29 is 4.74 Å². The van der Waals surface area contributed by atoms with Gasteiger partial charge in [-0.15, -0.1) is 6.58 Å². The molecule has 1 fully saturated rings. The molecule has 0 bridgehead atoms. The predicted octanol–water partition coefficient (Wildman–Crippen LogP) is 2.45. The second-order valence-electron chi connectivity index (χ2n) is 5.60. The molecule has 2 rings (SSSR count).